The molecule has 26 heavy (non-hydrogen) atoms. The number of carbonyl (C=O) groups excluding carboxylic acids is 1. The number of carbonyl (C=O) groups is 1. The van der Waals surface area contributed by atoms with E-state index >= 15 is 0 Å². The van der Waals surface area contributed by atoms with Crippen LogP contribution in [0, 0.1) is 11.8 Å². The quantitative estimate of drug-likeness (QED) is 0.765. The molecule has 0 unspecified atom stereocenters. The molecule has 0 aliphatic carbocycles. The Morgan fingerprint density at radius 2 is 2.00 bits per heavy atom. The lowest BCUT2D eigenvalue weighted by atomic mass is 9.96. The van der Waals surface area contributed by atoms with Crippen molar-refractivity contribution in [1.82, 2.24) is 14.8 Å². The first-order valence-electron chi connectivity index (χ1n) is 8.80. The van der Waals surface area contributed by atoms with Crippen LogP contribution in [0.2, 0.25) is 0 Å². The Kier molecular flexibility index (Phi) is 6.03. The Bertz CT molecular complexity index is 702. The van der Waals surface area contributed by atoms with E-state index in [0.29, 0.717) is 31.0 Å². The first-order valence-corrected chi connectivity index (χ1v) is 8.80. The number of likely N-dealkylation sites (tertiary alicyclic amines) is 1. The maximum absolute atomic E-state index is 12.8. The summed E-state index contributed by atoms with van der Waals surface area (Å²) in [4.78, 5) is 20.6. The number of benzene rings is 1. The number of likely N-dealkylation sites (N-methyl/N-ethyl adjacent to an activating group) is 1. The highest BCUT2D eigenvalue weighted by atomic mass is 16.3. The molecule has 1 aliphatic heterocycles. The third-order valence-electron chi connectivity index (χ3n) is 4.97. The largest absolute Gasteiger partial charge is 0.444 e. The first-order chi connectivity index (χ1) is 12.6. The fourth-order valence-electron chi connectivity index (χ4n) is 3.50. The fraction of sp³-hybridized carbons (Fsp3) is 0.474. The Labute approximate surface area is 152 Å². The summed E-state index contributed by atoms with van der Waals surface area (Å²) in [7, 11) is 1.94. The standard InChI is InChI=1S/C19H25N3O4/c1-21(6-7-23)9-16-10-22(11-17(16)12-24)19(25)15-4-2-14(3-5-15)18-8-20-13-26-18/h2-5,8,13,16-17,23-24H,6-7,9-12H2,1H3/t16-,17-/m1/s1. The molecule has 2 atom stereocenters. The van der Waals surface area contributed by atoms with Crippen molar-refractivity contribution < 1.29 is 19.4 Å². The molecule has 7 heteroatoms. The zero-order chi connectivity index (χ0) is 18.5. The molecule has 1 aromatic carbocycles. The van der Waals surface area contributed by atoms with Gasteiger partial charge in [-0.15, -0.1) is 0 Å². The van der Waals surface area contributed by atoms with Gasteiger partial charge >= 0.3 is 0 Å². The van der Waals surface area contributed by atoms with Crippen LogP contribution in [-0.2, 0) is 0 Å². The third kappa shape index (κ3) is 4.12. The average molecular weight is 359 g/mol. The number of aromatic nitrogens is 1. The van der Waals surface area contributed by atoms with E-state index in [9.17, 15) is 9.90 Å². The number of amides is 1. The lowest BCUT2D eigenvalue weighted by molar-refractivity contribution is 0.0779. The minimum atomic E-state index is -0.0279. The lowest BCUT2D eigenvalue weighted by Gasteiger charge is -2.23. The third-order valence-corrected chi connectivity index (χ3v) is 4.97. The van der Waals surface area contributed by atoms with Crippen molar-refractivity contribution >= 4 is 5.91 Å². The van der Waals surface area contributed by atoms with Gasteiger partial charge in [-0.25, -0.2) is 4.98 Å². The van der Waals surface area contributed by atoms with Gasteiger partial charge in [0.05, 0.1) is 12.8 Å². The molecule has 1 aliphatic rings. The van der Waals surface area contributed by atoms with Crippen LogP contribution in [0.25, 0.3) is 11.3 Å². The summed E-state index contributed by atoms with van der Waals surface area (Å²) >= 11 is 0. The van der Waals surface area contributed by atoms with Crippen molar-refractivity contribution in [1.29, 1.82) is 0 Å². The predicted molar refractivity (Wildman–Crippen MR) is 96.5 cm³/mol. The molecule has 0 radical (unpaired) electrons. The Hall–Kier alpha value is -2.22. The molecule has 7 nitrogen and oxygen atoms in total. The van der Waals surface area contributed by atoms with Gasteiger partial charge in [-0.3, -0.25) is 4.79 Å². The molecule has 0 bridgehead atoms. The van der Waals surface area contributed by atoms with Crippen molar-refractivity contribution in [3.8, 4) is 11.3 Å². The second-order valence-corrected chi connectivity index (χ2v) is 6.84. The molecular formula is C19H25N3O4. The average Bonchev–Trinajstić information content (AvgIpc) is 3.31. The Morgan fingerprint density at radius 3 is 2.62 bits per heavy atom. The van der Waals surface area contributed by atoms with E-state index in [4.69, 9.17) is 9.52 Å². The molecule has 1 saturated heterocycles. The molecule has 2 heterocycles. The van der Waals surface area contributed by atoms with Crippen molar-refractivity contribution in [2.24, 2.45) is 11.8 Å². The van der Waals surface area contributed by atoms with E-state index in [-0.39, 0.29) is 31.0 Å². The van der Waals surface area contributed by atoms with Gasteiger partial charge in [0.1, 0.15) is 0 Å². The smallest absolute Gasteiger partial charge is 0.253 e. The van der Waals surface area contributed by atoms with Gasteiger partial charge in [0.25, 0.3) is 5.91 Å². The van der Waals surface area contributed by atoms with E-state index in [1.165, 1.54) is 6.39 Å². The number of hydrogen-bond acceptors (Lipinski definition) is 6. The topological polar surface area (TPSA) is 90.0 Å². The summed E-state index contributed by atoms with van der Waals surface area (Å²) in [5.74, 6) is 0.903. The molecule has 2 aromatic rings. The van der Waals surface area contributed by atoms with Crippen molar-refractivity contribution in [2.45, 2.75) is 0 Å². The van der Waals surface area contributed by atoms with Gasteiger partial charge in [0.15, 0.2) is 12.2 Å². The van der Waals surface area contributed by atoms with Crippen molar-refractivity contribution in [3.63, 3.8) is 0 Å². The first kappa shape index (κ1) is 18.6. The molecule has 0 saturated carbocycles. The number of nitrogens with zero attached hydrogens (tertiary/aromatic N) is 3. The second kappa shape index (κ2) is 8.44. The van der Waals surface area contributed by atoms with Crippen molar-refractivity contribution in [2.75, 3.05) is 46.4 Å². The van der Waals surface area contributed by atoms with Crippen molar-refractivity contribution in [3.05, 3.63) is 42.4 Å². The monoisotopic (exact) mass is 359 g/mol. The van der Waals surface area contributed by atoms with Crippen LogP contribution in [0.1, 0.15) is 10.4 Å². The zero-order valence-electron chi connectivity index (χ0n) is 14.9. The van der Waals surface area contributed by atoms with Crippen LogP contribution in [0.3, 0.4) is 0 Å². The van der Waals surface area contributed by atoms with Gasteiger partial charge < -0.3 is 24.4 Å². The summed E-state index contributed by atoms with van der Waals surface area (Å²) in [5.41, 5.74) is 1.49. The SMILES string of the molecule is CN(CCO)C[C@@H]1CN(C(=O)c2ccc(-c3cnco3)cc2)C[C@@H]1CO. The van der Waals surface area contributed by atoms with Gasteiger partial charge in [0.2, 0.25) is 0 Å². The highest BCUT2D eigenvalue weighted by molar-refractivity contribution is 5.94. The Balaban J connectivity index is 1.66. The van der Waals surface area contributed by atoms with Crippen LogP contribution < -0.4 is 0 Å². The van der Waals surface area contributed by atoms with E-state index in [0.717, 1.165) is 12.1 Å². The van der Waals surface area contributed by atoms with E-state index in [1.54, 1.807) is 18.3 Å². The molecule has 3 rings (SSSR count). The summed E-state index contributed by atoms with van der Waals surface area (Å²) in [6, 6.07) is 7.28. The van der Waals surface area contributed by atoms with Gasteiger partial charge in [-0.05, 0) is 25.1 Å². The normalized spacial score (nSPS) is 20.1. The van der Waals surface area contributed by atoms with Gasteiger partial charge in [-0.1, -0.05) is 12.1 Å². The van der Waals surface area contributed by atoms with Crippen LogP contribution >= 0.6 is 0 Å². The van der Waals surface area contributed by atoms with Crippen LogP contribution in [-0.4, -0.2) is 77.3 Å². The van der Waals surface area contributed by atoms with Gasteiger partial charge in [0, 0.05) is 49.8 Å². The second-order valence-electron chi connectivity index (χ2n) is 6.84. The summed E-state index contributed by atoms with van der Waals surface area (Å²) in [6.07, 6.45) is 3.01. The number of aliphatic hydroxyl groups excluding tert-OH is 2. The minimum absolute atomic E-state index is 0.0279. The summed E-state index contributed by atoms with van der Waals surface area (Å²) < 4.78 is 5.26. The minimum Gasteiger partial charge on any atom is -0.444 e. The van der Waals surface area contributed by atoms with Crippen LogP contribution in [0.15, 0.2) is 41.3 Å². The van der Waals surface area contributed by atoms with E-state index in [1.807, 2.05) is 29.0 Å². The summed E-state index contributed by atoms with van der Waals surface area (Å²) in [6.45, 7) is 2.67. The molecule has 2 N–H and O–H groups in total. The summed E-state index contributed by atoms with van der Waals surface area (Å²) in [5, 5.41) is 18.7. The Morgan fingerprint density at radius 1 is 1.27 bits per heavy atom. The van der Waals surface area contributed by atoms with Crippen LogP contribution in [0.5, 0.6) is 0 Å². The number of oxazole rings is 1. The predicted octanol–water partition coefficient (Wildman–Crippen LogP) is 0.946. The molecule has 1 fully saturated rings. The number of rotatable bonds is 7. The fourth-order valence-corrected chi connectivity index (χ4v) is 3.50. The number of aliphatic hydroxyl groups is 2. The highest BCUT2D eigenvalue weighted by Gasteiger charge is 2.35. The highest BCUT2D eigenvalue weighted by Crippen LogP contribution is 2.26. The maximum atomic E-state index is 12.8. The molecular weight excluding hydrogens is 334 g/mol. The van der Waals surface area contributed by atoms with E-state index in [2.05, 4.69) is 4.98 Å². The van der Waals surface area contributed by atoms with Crippen LogP contribution in [0.4, 0.5) is 0 Å². The molecule has 1 aromatic heterocycles. The van der Waals surface area contributed by atoms with E-state index < -0.39 is 0 Å². The molecule has 1 amide bonds. The maximum Gasteiger partial charge on any atom is 0.253 e. The molecule has 140 valence electrons. The number of hydrogen-bond donors (Lipinski definition) is 2. The molecule has 0 spiro atoms. The van der Waals surface area contributed by atoms with Gasteiger partial charge in [-0.2, -0.15) is 0 Å². The lowest BCUT2D eigenvalue weighted by Crippen LogP contribution is -2.33. The zero-order valence-corrected chi connectivity index (χ0v) is 14.9.